The number of rotatable bonds is 3. The van der Waals surface area contributed by atoms with E-state index in [9.17, 15) is 21.6 Å². The molecule has 0 aliphatic heterocycles. The van der Waals surface area contributed by atoms with Crippen molar-refractivity contribution in [2.45, 2.75) is 11.1 Å². The Balaban J connectivity index is 2.73. The van der Waals surface area contributed by atoms with Crippen molar-refractivity contribution >= 4 is 9.84 Å². The van der Waals surface area contributed by atoms with Gasteiger partial charge in [0.05, 0.1) is 4.90 Å². The van der Waals surface area contributed by atoms with Crippen molar-refractivity contribution in [1.82, 2.24) is 0 Å². The summed E-state index contributed by atoms with van der Waals surface area (Å²) in [6.07, 6.45) is -3.39. The zero-order chi connectivity index (χ0) is 12.4. The van der Waals surface area contributed by atoms with E-state index in [1.807, 2.05) is 0 Å². The molecule has 0 heterocycles. The average molecular weight is 254 g/mol. The first-order chi connectivity index (χ1) is 7.18. The summed E-state index contributed by atoms with van der Waals surface area (Å²) in [4.78, 5) is 0.0341. The van der Waals surface area contributed by atoms with Crippen LogP contribution in [0, 0.1) is 0 Å². The maximum Gasteiger partial charge on any atom is 0.422 e. The number of benzene rings is 1. The molecule has 0 radical (unpaired) electrons. The molecule has 0 bridgehead atoms. The third-order valence-corrected chi connectivity index (χ3v) is 2.78. The van der Waals surface area contributed by atoms with Crippen LogP contribution in [0.5, 0.6) is 5.75 Å². The third kappa shape index (κ3) is 4.09. The summed E-state index contributed by atoms with van der Waals surface area (Å²) in [6, 6.07) is 4.76. The molecule has 0 aliphatic carbocycles. The summed E-state index contributed by atoms with van der Waals surface area (Å²) in [5.74, 6) is -0.0234. The highest BCUT2D eigenvalue weighted by atomic mass is 32.2. The standard InChI is InChI=1S/C9H9F3O3S/c1-16(13,14)8-4-2-7(3-5-8)15-6-9(10,11)12/h2-5H,6H2,1H3. The van der Waals surface area contributed by atoms with Crippen molar-refractivity contribution in [3.8, 4) is 5.75 Å². The minimum atomic E-state index is -4.41. The van der Waals surface area contributed by atoms with Crippen LogP contribution >= 0.6 is 0 Å². The molecule has 0 saturated carbocycles. The minimum absolute atomic E-state index is 0.0234. The van der Waals surface area contributed by atoms with Crippen LogP contribution in [0.2, 0.25) is 0 Å². The Labute approximate surface area is 90.8 Å². The lowest BCUT2D eigenvalue weighted by atomic mass is 10.3. The van der Waals surface area contributed by atoms with E-state index in [0.717, 1.165) is 6.26 Å². The fourth-order valence-corrected chi connectivity index (χ4v) is 1.58. The van der Waals surface area contributed by atoms with Crippen molar-refractivity contribution in [2.75, 3.05) is 12.9 Å². The van der Waals surface area contributed by atoms with Crippen LogP contribution in [-0.2, 0) is 9.84 Å². The van der Waals surface area contributed by atoms with Gasteiger partial charge >= 0.3 is 6.18 Å². The second-order valence-electron chi connectivity index (χ2n) is 3.15. The monoisotopic (exact) mass is 254 g/mol. The molecule has 0 N–H and O–H groups in total. The van der Waals surface area contributed by atoms with Gasteiger partial charge in [-0.25, -0.2) is 8.42 Å². The Morgan fingerprint density at radius 3 is 2.06 bits per heavy atom. The van der Waals surface area contributed by atoms with Gasteiger partial charge in [-0.3, -0.25) is 0 Å². The Bertz CT molecular complexity index is 448. The summed E-state index contributed by atoms with van der Waals surface area (Å²) in [5.41, 5.74) is 0. The summed E-state index contributed by atoms with van der Waals surface area (Å²) in [7, 11) is -3.34. The van der Waals surface area contributed by atoms with E-state index in [4.69, 9.17) is 0 Å². The Morgan fingerprint density at radius 2 is 1.69 bits per heavy atom. The van der Waals surface area contributed by atoms with Gasteiger partial charge in [-0.2, -0.15) is 13.2 Å². The van der Waals surface area contributed by atoms with Gasteiger partial charge in [-0.1, -0.05) is 0 Å². The number of hydrogen-bond acceptors (Lipinski definition) is 3. The lowest BCUT2D eigenvalue weighted by molar-refractivity contribution is -0.153. The van der Waals surface area contributed by atoms with Gasteiger partial charge in [0, 0.05) is 6.26 Å². The van der Waals surface area contributed by atoms with Crippen molar-refractivity contribution < 1.29 is 26.3 Å². The molecule has 0 saturated heterocycles. The molecule has 1 rings (SSSR count). The molecule has 90 valence electrons. The first-order valence-corrected chi connectivity index (χ1v) is 6.07. The Hall–Kier alpha value is -1.24. The molecule has 0 aromatic heterocycles. The summed E-state index contributed by atoms with van der Waals surface area (Å²) in [6.45, 7) is -1.40. The van der Waals surface area contributed by atoms with Gasteiger partial charge in [0.1, 0.15) is 5.75 Å². The number of sulfone groups is 1. The highest BCUT2D eigenvalue weighted by molar-refractivity contribution is 7.90. The molecule has 0 fully saturated rings. The first-order valence-electron chi connectivity index (χ1n) is 4.18. The highest BCUT2D eigenvalue weighted by Crippen LogP contribution is 2.20. The quantitative estimate of drug-likeness (QED) is 0.829. The van der Waals surface area contributed by atoms with E-state index in [0.29, 0.717) is 0 Å². The predicted octanol–water partition coefficient (Wildman–Crippen LogP) is 2.03. The second kappa shape index (κ2) is 4.32. The zero-order valence-corrected chi connectivity index (χ0v) is 9.10. The van der Waals surface area contributed by atoms with E-state index in [-0.39, 0.29) is 10.6 Å². The van der Waals surface area contributed by atoms with E-state index in [2.05, 4.69) is 4.74 Å². The molecule has 16 heavy (non-hydrogen) atoms. The van der Waals surface area contributed by atoms with E-state index >= 15 is 0 Å². The lowest BCUT2D eigenvalue weighted by Crippen LogP contribution is -2.19. The molecule has 7 heteroatoms. The molecule has 0 amide bonds. The van der Waals surface area contributed by atoms with Crippen LogP contribution in [0.15, 0.2) is 29.2 Å². The molecule has 3 nitrogen and oxygen atoms in total. The molecular weight excluding hydrogens is 245 g/mol. The van der Waals surface area contributed by atoms with Gasteiger partial charge < -0.3 is 4.74 Å². The summed E-state index contributed by atoms with van der Waals surface area (Å²) < 4.78 is 61.9. The van der Waals surface area contributed by atoms with E-state index < -0.39 is 22.6 Å². The van der Waals surface area contributed by atoms with E-state index in [1.54, 1.807) is 0 Å². The Morgan fingerprint density at radius 1 is 1.19 bits per heavy atom. The van der Waals surface area contributed by atoms with Crippen LogP contribution < -0.4 is 4.74 Å². The molecule has 0 atom stereocenters. The van der Waals surface area contributed by atoms with Gasteiger partial charge in [0.25, 0.3) is 0 Å². The van der Waals surface area contributed by atoms with Gasteiger partial charge in [-0.05, 0) is 24.3 Å². The Kier molecular flexibility index (Phi) is 3.47. The van der Waals surface area contributed by atoms with E-state index in [1.165, 1.54) is 24.3 Å². The highest BCUT2D eigenvalue weighted by Gasteiger charge is 2.28. The van der Waals surface area contributed by atoms with Crippen molar-refractivity contribution in [3.05, 3.63) is 24.3 Å². The fraction of sp³-hybridized carbons (Fsp3) is 0.333. The van der Waals surface area contributed by atoms with Crippen LogP contribution in [0.4, 0.5) is 13.2 Å². The van der Waals surface area contributed by atoms with Crippen LogP contribution in [-0.4, -0.2) is 27.5 Å². The predicted molar refractivity (Wildman–Crippen MR) is 51.1 cm³/mol. The summed E-state index contributed by atoms with van der Waals surface area (Å²) >= 11 is 0. The first kappa shape index (κ1) is 12.8. The maximum atomic E-state index is 11.8. The van der Waals surface area contributed by atoms with Crippen LogP contribution in [0.3, 0.4) is 0 Å². The van der Waals surface area contributed by atoms with Crippen LogP contribution in [0.25, 0.3) is 0 Å². The van der Waals surface area contributed by atoms with Gasteiger partial charge in [-0.15, -0.1) is 0 Å². The topological polar surface area (TPSA) is 43.4 Å². The van der Waals surface area contributed by atoms with Crippen molar-refractivity contribution in [2.24, 2.45) is 0 Å². The molecule has 0 unspecified atom stereocenters. The minimum Gasteiger partial charge on any atom is -0.484 e. The number of hydrogen-bond donors (Lipinski definition) is 0. The van der Waals surface area contributed by atoms with Crippen molar-refractivity contribution in [1.29, 1.82) is 0 Å². The third-order valence-electron chi connectivity index (χ3n) is 1.65. The number of ether oxygens (including phenoxy) is 1. The lowest BCUT2D eigenvalue weighted by Gasteiger charge is -2.09. The average Bonchev–Trinajstić information content (AvgIpc) is 2.13. The normalized spacial score (nSPS) is 12.5. The zero-order valence-electron chi connectivity index (χ0n) is 8.28. The van der Waals surface area contributed by atoms with Gasteiger partial charge in [0.15, 0.2) is 16.4 Å². The van der Waals surface area contributed by atoms with Gasteiger partial charge in [0.2, 0.25) is 0 Å². The number of halogens is 3. The molecular formula is C9H9F3O3S. The molecule has 0 spiro atoms. The smallest absolute Gasteiger partial charge is 0.422 e. The van der Waals surface area contributed by atoms with Crippen LogP contribution in [0.1, 0.15) is 0 Å². The largest absolute Gasteiger partial charge is 0.484 e. The SMILES string of the molecule is CS(=O)(=O)c1ccc(OCC(F)(F)F)cc1. The number of alkyl halides is 3. The molecule has 1 aromatic carbocycles. The molecule has 0 aliphatic rings. The summed E-state index contributed by atoms with van der Waals surface area (Å²) in [5, 5.41) is 0. The second-order valence-corrected chi connectivity index (χ2v) is 5.16. The maximum absolute atomic E-state index is 11.8. The fourth-order valence-electron chi connectivity index (χ4n) is 0.948. The van der Waals surface area contributed by atoms with Crippen molar-refractivity contribution in [3.63, 3.8) is 0 Å². The molecule has 1 aromatic rings.